The molecule has 0 saturated carbocycles. The molecule has 0 bridgehead atoms. The third-order valence-electron chi connectivity index (χ3n) is 8.48. The summed E-state index contributed by atoms with van der Waals surface area (Å²) in [7, 11) is 0. The first-order chi connectivity index (χ1) is 23.2. The van der Waals surface area contributed by atoms with Crippen LogP contribution >= 0.6 is 69.5 Å². The number of rotatable bonds is 6. The van der Waals surface area contributed by atoms with Gasteiger partial charge in [-0.3, -0.25) is 0 Å². The minimum absolute atomic E-state index is 0.107. The van der Waals surface area contributed by atoms with Crippen molar-refractivity contribution in [2.24, 2.45) is 0 Å². The van der Waals surface area contributed by atoms with E-state index in [1.165, 1.54) is 42.5 Å². The third kappa shape index (κ3) is 5.92. The molecule has 2 aliphatic rings. The van der Waals surface area contributed by atoms with Gasteiger partial charge in [0, 0.05) is 56.7 Å². The van der Waals surface area contributed by atoms with Crippen molar-refractivity contribution < 1.29 is 26.3 Å². The number of hydrogen-bond donors (Lipinski definition) is 0. The fourth-order valence-electron chi connectivity index (χ4n) is 6.07. The predicted octanol–water partition coefficient (Wildman–Crippen LogP) is 14.7. The van der Waals surface area contributed by atoms with E-state index in [0.717, 1.165) is 23.1 Å². The summed E-state index contributed by atoms with van der Waals surface area (Å²) in [5.41, 5.74) is -1.57. The molecule has 12 heteroatoms. The first-order valence-corrected chi connectivity index (χ1v) is 17.9. The fraction of sp³-hybridized carbons (Fsp3) is 0.135. The molecule has 7 rings (SSSR count). The summed E-state index contributed by atoms with van der Waals surface area (Å²) in [5, 5.41) is 0.993. The topological polar surface area (TPSA) is 0 Å². The van der Waals surface area contributed by atoms with Gasteiger partial charge in [-0.05, 0) is 88.8 Å². The zero-order valence-electron chi connectivity index (χ0n) is 24.7. The van der Waals surface area contributed by atoms with Gasteiger partial charge in [-0.2, -0.15) is 26.3 Å². The van der Waals surface area contributed by atoms with Gasteiger partial charge in [-0.25, -0.2) is 0 Å². The Morgan fingerprint density at radius 1 is 0.551 bits per heavy atom. The average molecular weight is 785 g/mol. The van der Waals surface area contributed by atoms with Crippen molar-refractivity contribution >= 4 is 80.0 Å². The quantitative estimate of drug-likeness (QED) is 0.155. The van der Waals surface area contributed by atoms with Gasteiger partial charge in [0.1, 0.15) is 0 Å². The summed E-state index contributed by atoms with van der Waals surface area (Å²) in [4.78, 5) is 0.680. The van der Waals surface area contributed by atoms with E-state index in [1.807, 2.05) is 0 Å². The highest BCUT2D eigenvalue weighted by atomic mass is 35.5. The maximum atomic E-state index is 16.4. The van der Waals surface area contributed by atoms with E-state index in [9.17, 15) is 0 Å². The molecule has 1 aromatic heterocycles. The van der Waals surface area contributed by atoms with Crippen LogP contribution in [0.5, 0.6) is 0 Å². The van der Waals surface area contributed by atoms with E-state index in [1.54, 1.807) is 60.7 Å². The molecular weight excluding hydrogens is 764 g/mol. The van der Waals surface area contributed by atoms with Crippen molar-refractivity contribution in [1.82, 2.24) is 0 Å². The fourth-order valence-corrected chi connectivity index (χ4v) is 9.18. The van der Waals surface area contributed by atoms with Crippen LogP contribution in [-0.2, 0) is 0 Å². The summed E-state index contributed by atoms with van der Waals surface area (Å²) in [6.07, 6.45) is -0.227. The van der Waals surface area contributed by atoms with Crippen LogP contribution in [0.25, 0.3) is 31.4 Å². The van der Waals surface area contributed by atoms with Crippen molar-refractivity contribution in [1.29, 1.82) is 0 Å². The molecule has 1 atom stereocenters. The van der Waals surface area contributed by atoms with Crippen LogP contribution in [-0.4, -0.2) is 17.8 Å². The molecular formula is C37H20Cl4F6S2. The molecule has 2 heterocycles. The third-order valence-corrected chi connectivity index (χ3v) is 12.2. The Labute approximate surface area is 306 Å². The Morgan fingerprint density at radius 3 is 1.53 bits per heavy atom. The maximum Gasteiger partial charge on any atom is 0.380 e. The number of halogens is 10. The van der Waals surface area contributed by atoms with Crippen LogP contribution in [0.2, 0.25) is 20.1 Å². The van der Waals surface area contributed by atoms with Crippen LogP contribution in [0.15, 0.2) is 114 Å². The minimum Gasteiger partial charge on any atom is -0.194 e. The van der Waals surface area contributed by atoms with Crippen molar-refractivity contribution in [2.45, 2.75) is 29.4 Å². The highest BCUT2D eigenvalue weighted by molar-refractivity contribution is 8.08. The van der Waals surface area contributed by atoms with Gasteiger partial charge in [-0.15, -0.1) is 23.1 Å². The second-order valence-corrected chi connectivity index (χ2v) is 15.5. The van der Waals surface area contributed by atoms with Crippen molar-refractivity contribution in [2.75, 3.05) is 0 Å². The van der Waals surface area contributed by atoms with E-state index >= 15 is 26.3 Å². The number of hydrogen-bond acceptors (Lipinski definition) is 2. The highest BCUT2D eigenvalue weighted by Gasteiger charge is 2.80. The molecule has 4 aromatic carbocycles. The van der Waals surface area contributed by atoms with Gasteiger partial charge in [0.25, 0.3) is 0 Å². The first kappa shape index (κ1) is 34.6. The lowest BCUT2D eigenvalue weighted by atomic mass is 9.89. The molecule has 0 radical (unpaired) electrons. The molecule has 0 fully saturated rings. The molecule has 0 saturated heterocycles. The molecule has 0 nitrogen and oxygen atoms in total. The van der Waals surface area contributed by atoms with Crippen molar-refractivity contribution in [3.63, 3.8) is 0 Å². The zero-order chi connectivity index (χ0) is 34.9. The van der Waals surface area contributed by atoms with E-state index in [0.29, 0.717) is 47.2 Å². The monoisotopic (exact) mass is 782 g/mol. The normalized spacial score (nSPS) is 19.6. The van der Waals surface area contributed by atoms with Crippen LogP contribution in [0.1, 0.15) is 28.4 Å². The Balaban J connectivity index is 1.53. The minimum atomic E-state index is -5.74. The van der Waals surface area contributed by atoms with Gasteiger partial charge >= 0.3 is 17.8 Å². The second-order valence-electron chi connectivity index (χ2n) is 11.5. The lowest BCUT2D eigenvalue weighted by molar-refractivity contribution is -0.259. The molecule has 0 spiro atoms. The zero-order valence-corrected chi connectivity index (χ0v) is 29.4. The summed E-state index contributed by atoms with van der Waals surface area (Å²) in [6.45, 7) is 0. The number of benzene rings is 4. The van der Waals surface area contributed by atoms with Gasteiger partial charge in [0.15, 0.2) is 0 Å². The largest absolute Gasteiger partial charge is 0.380 e. The first-order valence-electron chi connectivity index (χ1n) is 14.7. The number of thioether (sulfide) groups is 1. The Hall–Kier alpha value is -2.85. The van der Waals surface area contributed by atoms with E-state index < -0.39 is 39.7 Å². The van der Waals surface area contributed by atoms with Crippen molar-refractivity contribution in [3.8, 4) is 20.9 Å². The molecule has 1 unspecified atom stereocenters. The van der Waals surface area contributed by atoms with E-state index in [-0.39, 0.29) is 21.8 Å². The predicted molar refractivity (Wildman–Crippen MR) is 192 cm³/mol. The average Bonchev–Trinajstić information content (AvgIpc) is 3.72. The van der Waals surface area contributed by atoms with Crippen LogP contribution in [0, 0.1) is 0 Å². The Bertz CT molecular complexity index is 2120. The van der Waals surface area contributed by atoms with Crippen LogP contribution < -0.4 is 0 Å². The SMILES string of the molecule is FC1(F)C(C2=C(c3ccc(Cl)cc3)SC(c3ccc(Cl)cc3)C2)=C(c2cc(-c3ccc(Cl)cc3)sc2-c2ccc(Cl)cc2)C(F)(F)C1(F)F. The summed E-state index contributed by atoms with van der Waals surface area (Å²) in [6, 6.07) is 26.6. The molecule has 0 N–H and O–H groups in total. The molecule has 49 heavy (non-hydrogen) atoms. The highest BCUT2D eigenvalue weighted by Crippen LogP contribution is 2.68. The van der Waals surface area contributed by atoms with E-state index in [2.05, 4.69) is 0 Å². The summed E-state index contributed by atoms with van der Waals surface area (Å²) >= 11 is 26.5. The maximum absolute atomic E-state index is 16.4. The van der Waals surface area contributed by atoms with Crippen LogP contribution in [0.3, 0.4) is 0 Å². The lowest BCUT2D eigenvalue weighted by Gasteiger charge is -2.26. The van der Waals surface area contributed by atoms with Gasteiger partial charge < -0.3 is 0 Å². The van der Waals surface area contributed by atoms with Crippen molar-refractivity contribution in [3.05, 3.63) is 151 Å². The van der Waals surface area contributed by atoms with E-state index in [4.69, 9.17) is 46.4 Å². The van der Waals surface area contributed by atoms with Gasteiger partial charge in [-0.1, -0.05) is 94.9 Å². The Morgan fingerprint density at radius 2 is 1.00 bits per heavy atom. The molecule has 1 aliphatic heterocycles. The molecule has 250 valence electrons. The molecule has 5 aromatic rings. The standard InChI is InChI=1S/C37H20Cl4F6S2/c38-23-9-1-19(2-10-23)29-17-27(33(48-29)21-5-13-25(40)14-6-21)31-32(36(44,45)37(46,47)35(31,42)43)28-18-30(20-3-11-24(39)12-4-20)49-34(28)22-7-15-26(41)16-8-22/h1-17,30H,18H2. The van der Waals surface area contributed by atoms with Gasteiger partial charge in [0.2, 0.25) is 0 Å². The number of thiophene rings is 1. The smallest absolute Gasteiger partial charge is 0.194 e. The summed E-state index contributed by atoms with van der Waals surface area (Å²) < 4.78 is 96.9. The Kier molecular flexibility index (Phi) is 8.99. The molecule has 0 amide bonds. The van der Waals surface area contributed by atoms with Crippen LogP contribution in [0.4, 0.5) is 26.3 Å². The van der Waals surface area contributed by atoms with Gasteiger partial charge in [0.05, 0.1) is 0 Å². The summed E-state index contributed by atoms with van der Waals surface area (Å²) in [5.74, 6) is -16.2. The molecule has 1 aliphatic carbocycles. The second kappa shape index (κ2) is 12.7. The lowest BCUT2D eigenvalue weighted by Crippen LogP contribution is -2.49. The number of alkyl halides is 6. The number of allylic oxidation sites excluding steroid dienone is 3.